The predicted octanol–water partition coefficient (Wildman–Crippen LogP) is 2.57. The number of ether oxygens (including phenoxy) is 1. The fraction of sp³-hybridized carbons (Fsp3) is 0.500. The van der Waals surface area contributed by atoms with Gasteiger partial charge in [0, 0.05) is 5.92 Å². The summed E-state index contributed by atoms with van der Waals surface area (Å²) in [7, 11) is 0. The Balaban J connectivity index is 2.17. The third-order valence-electron chi connectivity index (χ3n) is 2.97. The Labute approximate surface area is 97.0 Å². The summed E-state index contributed by atoms with van der Waals surface area (Å²) in [6.07, 6.45) is -4.00. The van der Waals surface area contributed by atoms with Crippen molar-refractivity contribution in [2.45, 2.75) is 24.6 Å². The van der Waals surface area contributed by atoms with Gasteiger partial charge in [-0.15, -0.1) is 0 Å². The molecule has 1 aromatic rings. The topological polar surface area (TPSA) is 29.5 Å². The van der Waals surface area contributed by atoms with Crippen molar-refractivity contribution in [2.75, 3.05) is 13.2 Å². The molecule has 5 heteroatoms. The molecular weight excluding hydrogens is 233 g/mol. The molecule has 0 radical (unpaired) electrons. The summed E-state index contributed by atoms with van der Waals surface area (Å²) in [6.45, 7) is 0.280. The van der Waals surface area contributed by atoms with E-state index in [-0.39, 0.29) is 18.6 Å². The Morgan fingerprint density at radius 3 is 2.71 bits per heavy atom. The van der Waals surface area contributed by atoms with E-state index in [1.54, 1.807) is 6.07 Å². The highest BCUT2D eigenvalue weighted by molar-refractivity contribution is 5.29. The number of benzene rings is 1. The summed E-state index contributed by atoms with van der Waals surface area (Å²) in [5.74, 6) is -0.0607. The molecule has 2 atom stereocenters. The minimum atomic E-state index is -4.31. The first-order chi connectivity index (χ1) is 8.00. The second-order valence-electron chi connectivity index (χ2n) is 4.19. The van der Waals surface area contributed by atoms with E-state index in [0.717, 1.165) is 12.1 Å². The number of aliphatic hydroxyl groups excluding tert-OH is 1. The molecule has 0 unspecified atom stereocenters. The second kappa shape index (κ2) is 4.66. The molecule has 1 N–H and O–H groups in total. The molecule has 1 saturated heterocycles. The third kappa shape index (κ3) is 2.79. The van der Waals surface area contributed by atoms with Gasteiger partial charge in [-0.05, 0) is 18.1 Å². The van der Waals surface area contributed by atoms with Crippen LogP contribution in [0.5, 0.6) is 0 Å². The minimum absolute atomic E-state index is 0.0607. The van der Waals surface area contributed by atoms with Crippen LogP contribution in [0.3, 0.4) is 0 Å². The van der Waals surface area contributed by atoms with Crippen LogP contribution in [-0.4, -0.2) is 24.4 Å². The summed E-state index contributed by atoms with van der Waals surface area (Å²) in [5.41, 5.74) is -0.0155. The van der Waals surface area contributed by atoms with Gasteiger partial charge in [-0.2, -0.15) is 13.2 Å². The Morgan fingerprint density at radius 1 is 1.35 bits per heavy atom. The van der Waals surface area contributed by atoms with Crippen LogP contribution in [0.1, 0.15) is 23.5 Å². The zero-order valence-corrected chi connectivity index (χ0v) is 9.07. The van der Waals surface area contributed by atoms with Crippen LogP contribution >= 0.6 is 0 Å². The van der Waals surface area contributed by atoms with E-state index in [2.05, 4.69) is 0 Å². The lowest BCUT2D eigenvalue weighted by atomic mass is 9.95. The Hall–Kier alpha value is -1.07. The van der Waals surface area contributed by atoms with Crippen molar-refractivity contribution in [3.05, 3.63) is 35.4 Å². The molecule has 0 amide bonds. The lowest BCUT2D eigenvalue weighted by Gasteiger charge is -2.12. The summed E-state index contributed by atoms with van der Waals surface area (Å²) < 4.78 is 42.8. The molecule has 0 spiro atoms. The number of hydrogen-bond acceptors (Lipinski definition) is 2. The smallest absolute Gasteiger partial charge is 0.394 e. The van der Waals surface area contributed by atoms with Gasteiger partial charge in [-0.25, -0.2) is 0 Å². The molecule has 0 aliphatic carbocycles. The van der Waals surface area contributed by atoms with E-state index in [9.17, 15) is 13.2 Å². The molecular formula is C12H13F3O2. The van der Waals surface area contributed by atoms with Gasteiger partial charge in [0.05, 0.1) is 24.9 Å². The van der Waals surface area contributed by atoms with Crippen LogP contribution in [0.4, 0.5) is 13.2 Å². The van der Waals surface area contributed by atoms with Crippen molar-refractivity contribution in [2.24, 2.45) is 0 Å². The number of hydrogen-bond donors (Lipinski definition) is 1. The highest BCUT2D eigenvalue weighted by atomic mass is 19.4. The normalized spacial score (nSPS) is 25.2. The number of alkyl halides is 3. The summed E-state index contributed by atoms with van der Waals surface area (Å²) in [4.78, 5) is 0. The van der Waals surface area contributed by atoms with E-state index in [1.807, 2.05) is 0 Å². The molecule has 1 aliphatic heterocycles. The van der Waals surface area contributed by atoms with Crippen LogP contribution in [0.25, 0.3) is 0 Å². The largest absolute Gasteiger partial charge is 0.416 e. The van der Waals surface area contributed by atoms with Crippen LogP contribution in [-0.2, 0) is 10.9 Å². The summed E-state index contributed by atoms with van der Waals surface area (Å²) >= 11 is 0. The zero-order chi connectivity index (χ0) is 12.5. The van der Waals surface area contributed by atoms with E-state index in [4.69, 9.17) is 9.84 Å². The third-order valence-corrected chi connectivity index (χ3v) is 2.97. The van der Waals surface area contributed by atoms with Crippen LogP contribution in [0.2, 0.25) is 0 Å². The lowest BCUT2D eigenvalue weighted by Crippen LogP contribution is -2.10. The maximum Gasteiger partial charge on any atom is 0.416 e. The molecule has 2 nitrogen and oxygen atoms in total. The SMILES string of the molecule is OC[C@H]1C[C@H](c2cccc(C(F)(F)F)c2)CO1. The fourth-order valence-electron chi connectivity index (χ4n) is 2.03. The highest BCUT2D eigenvalue weighted by Gasteiger charge is 2.32. The van der Waals surface area contributed by atoms with Crippen molar-refractivity contribution in [1.29, 1.82) is 0 Å². The maximum absolute atomic E-state index is 12.5. The van der Waals surface area contributed by atoms with Crippen LogP contribution < -0.4 is 0 Å². The van der Waals surface area contributed by atoms with Crippen molar-refractivity contribution in [3.8, 4) is 0 Å². The monoisotopic (exact) mass is 246 g/mol. The molecule has 0 bridgehead atoms. The van der Waals surface area contributed by atoms with Crippen molar-refractivity contribution < 1.29 is 23.0 Å². The Kier molecular flexibility index (Phi) is 3.40. The molecule has 1 aromatic carbocycles. The molecule has 0 aromatic heterocycles. The lowest BCUT2D eigenvalue weighted by molar-refractivity contribution is -0.137. The van der Waals surface area contributed by atoms with E-state index in [1.165, 1.54) is 6.07 Å². The van der Waals surface area contributed by atoms with E-state index in [0.29, 0.717) is 18.6 Å². The first kappa shape index (κ1) is 12.4. The van der Waals surface area contributed by atoms with Crippen LogP contribution in [0.15, 0.2) is 24.3 Å². The Bertz CT molecular complexity index is 390. The zero-order valence-electron chi connectivity index (χ0n) is 9.07. The first-order valence-corrected chi connectivity index (χ1v) is 5.40. The minimum Gasteiger partial charge on any atom is -0.394 e. The number of aliphatic hydroxyl groups is 1. The van der Waals surface area contributed by atoms with Gasteiger partial charge in [0.15, 0.2) is 0 Å². The van der Waals surface area contributed by atoms with E-state index < -0.39 is 11.7 Å². The maximum atomic E-state index is 12.5. The van der Waals surface area contributed by atoms with Gasteiger partial charge in [-0.1, -0.05) is 18.2 Å². The van der Waals surface area contributed by atoms with Crippen LogP contribution in [0, 0.1) is 0 Å². The number of halogens is 3. The molecule has 2 rings (SSSR count). The van der Waals surface area contributed by atoms with Crippen molar-refractivity contribution in [1.82, 2.24) is 0 Å². The molecule has 94 valence electrons. The second-order valence-corrected chi connectivity index (χ2v) is 4.19. The molecule has 1 aliphatic rings. The molecule has 17 heavy (non-hydrogen) atoms. The quantitative estimate of drug-likeness (QED) is 0.869. The van der Waals surface area contributed by atoms with Gasteiger partial charge in [0.25, 0.3) is 0 Å². The van der Waals surface area contributed by atoms with Crippen molar-refractivity contribution in [3.63, 3.8) is 0 Å². The van der Waals surface area contributed by atoms with E-state index >= 15 is 0 Å². The highest BCUT2D eigenvalue weighted by Crippen LogP contribution is 2.34. The van der Waals surface area contributed by atoms with Crippen molar-refractivity contribution >= 4 is 0 Å². The molecule has 1 heterocycles. The predicted molar refractivity (Wildman–Crippen MR) is 55.6 cm³/mol. The average Bonchev–Trinajstić information content (AvgIpc) is 2.76. The van der Waals surface area contributed by atoms with Gasteiger partial charge < -0.3 is 9.84 Å². The fourth-order valence-corrected chi connectivity index (χ4v) is 2.03. The standard InChI is InChI=1S/C12H13F3O2/c13-12(14,15)10-3-1-2-8(4-10)9-5-11(6-16)17-7-9/h1-4,9,11,16H,5-7H2/t9-,11+/m0/s1. The molecule has 0 saturated carbocycles. The van der Waals surface area contributed by atoms with Gasteiger partial charge in [-0.3, -0.25) is 0 Å². The first-order valence-electron chi connectivity index (χ1n) is 5.40. The van der Waals surface area contributed by atoms with Gasteiger partial charge in [0.1, 0.15) is 0 Å². The number of rotatable bonds is 2. The molecule has 1 fully saturated rings. The van der Waals surface area contributed by atoms with Gasteiger partial charge >= 0.3 is 6.18 Å². The summed E-state index contributed by atoms with van der Waals surface area (Å²) in [5, 5.41) is 8.91. The Morgan fingerprint density at radius 2 is 2.12 bits per heavy atom. The van der Waals surface area contributed by atoms with Gasteiger partial charge in [0.2, 0.25) is 0 Å². The summed E-state index contributed by atoms with van der Waals surface area (Å²) in [6, 6.07) is 5.30. The average molecular weight is 246 g/mol.